The summed E-state index contributed by atoms with van der Waals surface area (Å²) in [7, 11) is -0.171. The highest BCUT2D eigenvalue weighted by atomic mass is 35.5. The van der Waals surface area contributed by atoms with Gasteiger partial charge in [-0.3, -0.25) is 0 Å². The lowest BCUT2D eigenvalue weighted by Crippen LogP contribution is -2.29. The molecule has 1 aliphatic rings. The van der Waals surface area contributed by atoms with E-state index in [4.69, 9.17) is 23.2 Å². The molecule has 2 N–H and O–H groups in total. The molecule has 0 bridgehead atoms. The molecular weight excluding hydrogens is 383 g/mol. The molecule has 0 aromatic heterocycles. The van der Waals surface area contributed by atoms with Gasteiger partial charge >= 0.3 is 0 Å². The zero-order chi connectivity index (χ0) is 19.0. The van der Waals surface area contributed by atoms with E-state index < -0.39 is 17.6 Å². The van der Waals surface area contributed by atoms with Crippen molar-refractivity contribution in [3.05, 3.63) is 33.6 Å². The Bertz CT molecular complexity index is 511. The van der Waals surface area contributed by atoms with Crippen molar-refractivity contribution in [2.24, 2.45) is 0 Å². The van der Waals surface area contributed by atoms with E-state index in [2.05, 4.69) is 26.1 Å². The Balaban J connectivity index is 0.000000381. The van der Waals surface area contributed by atoms with Gasteiger partial charge in [-0.25, -0.2) is 8.78 Å². The average molecular weight is 412 g/mol. The zero-order valence-corrected chi connectivity index (χ0v) is 17.9. The van der Waals surface area contributed by atoms with Crippen molar-refractivity contribution in [2.45, 2.75) is 63.5 Å². The molecule has 1 atom stereocenters. The van der Waals surface area contributed by atoms with Crippen molar-refractivity contribution in [1.82, 2.24) is 5.32 Å². The summed E-state index contributed by atoms with van der Waals surface area (Å²) in [5.41, 5.74) is -0.869. The highest BCUT2D eigenvalue weighted by Crippen LogP contribution is 2.39. The highest BCUT2D eigenvalue weighted by Gasteiger charge is 2.42. The third-order valence-electron chi connectivity index (χ3n) is 4.68. The number of aliphatic hydroxyl groups excluding tert-OH is 1. The molecule has 2 nitrogen and oxygen atoms in total. The van der Waals surface area contributed by atoms with Crippen LogP contribution in [0.25, 0.3) is 0 Å². The lowest BCUT2D eigenvalue weighted by atomic mass is 10.1. The maximum atomic E-state index is 13.3. The molecule has 0 radical (unpaired) electrons. The summed E-state index contributed by atoms with van der Waals surface area (Å²) in [4.78, 5) is 0. The maximum Gasteiger partial charge on any atom is 0.126 e. The van der Waals surface area contributed by atoms with Gasteiger partial charge in [0.05, 0.1) is 16.1 Å². The molecule has 0 aliphatic heterocycles. The summed E-state index contributed by atoms with van der Waals surface area (Å²) in [6, 6.07) is 6.65. The fourth-order valence-corrected chi connectivity index (χ4v) is 5.03. The van der Waals surface area contributed by atoms with E-state index >= 15 is 0 Å². The Hall–Kier alpha value is -0.203. The molecule has 0 amide bonds. The molecule has 144 valence electrons. The first-order valence-electron chi connectivity index (χ1n) is 8.98. The van der Waals surface area contributed by atoms with Crippen LogP contribution in [0.4, 0.5) is 8.78 Å². The minimum atomic E-state index is -1.13. The van der Waals surface area contributed by atoms with Gasteiger partial charge in [-0.15, -0.1) is 0 Å². The van der Waals surface area contributed by atoms with Gasteiger partial charge in [0, 0.05) is 27.4 Å². The Morgan fingerprint density at radius 1 is 1.16 bits per heavy atom. The highest BCUT2D eigenvalue weighted by molar-refractivity contribution is 6.58. The summed E-state index contributed by atoms with van der Waals surface area (Å²) in [6.07, 6.45) is 0.107. The minimum absolute atomic E-state index is 0.0654. The molecule has 25 heavy (non-hydrogen) atoms. The first-order valence-corrected chi connectivity index (χ1v) is 12.2. The molecule has 0 saturated heterocycles. The Morgan fingerprint density at radius 2 is 1.64 bits per heavy atom. The van der Waals surface area contributed by atoms with Crippen molar-refractivity contribution in [1.29, 1.82) is 0 Å². The van der Waals surface area contributed by atoms with Crippen LogP contribution in [0, 0.1) is 5.82 Å². The molecule has 1 aromatic rings. The molecule has 0 heterocycles. The molecule has 0 spiro atoms. The van der Waals surface area contributed by atoms with E-state index in [1.54, 1.807) is 0 Å². The molecule has 1 aromatic carbocycles. The molecule has 1 saturated carbocycles. The lowest BCUT2D eigenvalue weighted by Gasteiger charge is -2.16. The molecular formula is C18H29Cl2F2NOSi. The number of benzene rings is 1. The summed E-state index contributed by atoms with van der Waals surface area (Å²) in [5, 5.41) is 12.9. The lowest BCUT2D eigenvalue weighted by molar-refractivity contribution is 0.168. The van der Waals surface area contributed by atoms with Crippen LogP contribution in [0.5, 0.6) is 0 Å². The smallest absolute Gasteiger partial charge is 0.126 e. The van der Waals surface area contributed by atoms with Crippen LogP contribution in [0.1, 0.15) is 45.3 Å². The Labute approximate surface area is 161 Å². The first-order chi connectivity index (χ1) is 11.8. The van der Waals surface area contributed by atoms with Gasteiger partial charge in [0.25, 0.3) is 0 Å². The predicted molar refractivity (Wildman–Crippen MR) is 106 cm³/mol. The number of nitrogens with one attached hydrogen (secondary N) is 1. The predicted octanol–water partition coefficient (Wildman–Crippen LogP) is 5.53. The van der Waals surface area contributed by atoms with Crippen LogP contribution in [-0.4, -0.2) is 32.7 Å². The molecule has 2 rings (SSSR count). The zero-order valence-electron chi connectivity index (χ0n) is 15.2. The SMILES string of the molecule is CC[SiH](CC)CC.OC(CNCC1(F)CC1)c1c(Cl)cc(F)cc1Cl. The van der Waals surface area contributed by atoms with E-state index in [0.29, 0.717) is 12.8 Å². The molecule has 1 fully saturated rings. The number of rotatable bonds is 8. The van der Waals surface area contributed by atoms with Gasteiger partial charge in [0.2, 0.25) is 0 Å². The third-order valence-corrected chi connectivity index (χ3v) is 8.77. The summed E-state index contributed by atoms with van der Waals surface area (Å²) in [5.74, 6) is -0.561. The van der Waals surface area contributed by atoms with Gasteiger partial charge in [0.15, 0.2) is 0 Å². The molecule has 1 aliphatic carbocycles. The number of hydrogen-bond acceptors (Lipinski definition) is 2. The fraction of sp³-hybridized carbons (Fsp3) is 0.667. The molecule has 7 heteroatoms. The van der Waals surface area contributed by atoms with Crippen molar-refractivity contribution in [2.75, 3.05) is 13.1 Å². The van der Waals surface area contributed by atoms with Crippen LogP contribution in [0.3, 0.4) is 0 Å². The largest absolute Gasteiger partial charge is 0.387 e. The van der Waals surface area contributed by atoms with Gasteiger partial charge in [-0.05, 0) is 25.0 Å². The number of alkyl halides is 1. The van der Waals surface area contributed by atoms with Crippen molar-refractivity contribution < 1.29 is 13.9 Å². The van der Waals surface area contributed by atoms with Gasteiger partial charge in [0.1, 0.15) is 11.5 Å². The van der Waals surface area contributed by atoms with Crippen LogP contribution < -0.4 is 5.32 Å². The Morgan fingerprint density at radius 3 is 2.00 bits per heavy atom. The average Bonchev–Trinajstić information content (AvgIpc) is 3.26. The monoisotopic (exact) mass is 411 g/mol. The third kappa shape index (κ3) is 7.91. The second-order valence-corrected chi connectivity index (χ2v) is 11.7. The molecule has 1 unspecified atom stereocenters. The number of hydrogen-bond donors (Lipinski definition) is 2. The van der Waals surface area contributed by atoms with E-state index in [9.17, 15) is 13.9 Å². The van der Waals surface area contributed by atoms with E-state index in [1.165, 1.54) is 18.1 Å². The topological polar surface area (TPSA) is 32.3 Å². The summed E-state index contributed by atoms with van der Waals surface area (Å²) >= 11 is 11.6. The van der Waals surface area contributed by atoms with Crippen molar-refractivity contribution in [3.8, 4) is 0 Å². The van der Waals surface area contributed by atoms with Gasteiger partial charge in [-0.1, -0.05) is 62.1 Å². The summed E-state index contributed by atoms with van der Waals surface area (Å²) in [6.45, 7) is 7.29. The second-order valence-electron chi connectivity index (χ2n) is 6.67. The number of halogens is 4. The van der Waals surface area contributed by atoms with E-state index in [-0.39, 0.29) is 37.5 Å². The van der Waals surface area contributed by atoms with Crippen LogP contribution in [-0.2, 0) is 0 Å². The quantitative estimate of drug-likeness (QED) is 0.550. The van der Waals surface area contributed by atoms with Crippen molar-refractivity contribution >= 4 is 32.0 Å². The second kappa shape index (κ2) is 10.8. The normalized spacial score (nSPS) is 16.4. The fourth-order valence-electron chi connectivity index (χ4n) is 2.59. The van der Waals surface area contributed by atoms with Crippen LogP contribution in [0.2, 0.25) is 28.2 Å². The Kier molecular flexibility index (Phi) is 9.89. The van der Waals surface area contributed by atoms with Crippen LogP contribution in [0.15, 0.2) is 12.1 Å². The van der Waals surface area contributed by atoms with Crippen LogP contribution >= 0.6 is 23.2 Å². The first kappa shape index (κ1) is 22.8. The van der Waals surface area contributed by atoms with Crippen molar-refractivity contribution in [3.63, 3.8) is 0 Å². The van der Waals surface area contributed by atoms with Gasteiger partial charge < -0.3 is 10.4 Å². The van der Waals surface area contributed by atoms with E-state index in [1.807, 2.05) is 0 Å². The summed E-state index contributed by atoms with van der Waals surface area (Å²) < 4.78 is 26.3. The standard InChI is InChI=1S/C12H13Cl2F2NO.C6H16Si/c13-8-3-7(15)4-9(14)11(8)10(18)5-17-6-12(16)1-2-12;1-4-7(5-2)6-3/h3-4,10,17-18H,1-2,5-6H2;7H,4-6H2,1-3H3. The maximum absolute atomic E-state index is 13.3. The minimum Gasteiger partial charge on any atom is -0.387 e. The van der Waals surface area contributed by atoms with E-state index in [0.717, 1.165) is 12.1 Å². The number of aliphatic hydroxyl groups is 1. The van der Waals surface area contributed by atoms with Gasteiger partial charge in [-0.2, -0.15) is 0 Å².